The van der Waals surface area contributed by atoms with Crippen molar-refractivity contribution in [2.45, 2.75) is 6.92 Å². The molecular formula is C16H15FN4. The molecule has 0 amide bonds. The van der Waals surface area contributed by atoms with Crippen LogP contribution >= 0.6 is 0 Å². The number of nitrogens with zero attached hydrogens (tertiary/aromatic N) is 2. The number of hydrogen-bond donors (Lipinski definition) is 2. The first-order valence-electron chi connectivity index (χ1n) is 6.78. The molecule has 3 rings (SSSR count). The molecule has 0 bridgehead atoms. The summed E-state index contributed by atoms with van der Waals surface area (Å²) in [6.07, 6.45) is 3.49. The lowest BCUT2D eigenvalue weighted by molar-refractivity contribution is 0.628. The number of H-pyrrole nitrogens is 1. The van der Waals surface area contributed by atoms with E-state index in [4.69, 9.17) is 0 Å². The Balaban J connectivity index is 2.15. The lowest BCUT2D eigenvalue weighted by Crippen LogP contribution is -1.98. The van der Waals surface area contributed by atoms with E-state index in [1.165, 1.54) is 12.1 Å². The number of nitrogens with one attached hydrogen (secondary N) is 2. The standard InChI is InChI=1S/C16H15FN4/c1-2-19-16-14(11-7-9-18-10-8-11)15(20-21-16)12-3-5-13(17)6-4-12/h3-10H,2H2,1H3,(H2,19,20,21). The van der Waals surface area contributed by atoms with E-state index in [-0.39, 0.29) is 5.82 Å². The van der Waals surface area contributed by atoms with Crippen LogP contribution in [0.1, 0.15) is 6.92 Å². The van der Waals surface area contributed by atoms with Crippen LogP contribution in [-0.4, -0.2) is 21.7 Å². The molecule has 0 unspecified atom stereocenters. The van der Waals surface area contributed by atoms with Crippen molar-refractivity contribution in [3.8, 4) is 22.4 Å². The van der Waals surface area contributed by atoms with Gasteiger partial charge in [-0.3, -0.25) is 10.1 Å². The van der Waals surface area contributed by atoms with E-state index >= 15 is 0 Å². The first kappa shape index (κ1) is 13.3. The summed E-state index contributed by atoms with van der Waals surface area (Å²) in [6.45, 7) is 2.79. The van der Waals surface area contributed by atoms with Crippen molar-refractivity contribution in [3.63, 3.8) is 0 Å². The second-order valence-corrected chi connectivity index (χ2v) is 4.60. The molecular weight excluding hydrogens is 267 g/mol. The molecule has 0 saturated carbocycles. The number of rotatable bonds is 4. The molecule has 2 aromatic heterocycles. The van der Waals surface area contributed by atoms with Crippen molar-refractivity contribution in [1.29, 1.82) is 0 Å². The fraction of sp³-hybridized carbons (Fsp3) is 0.125. The van der Waals surface area contributed by atoms with Crippen molar-refractivity contribution in [2.24, 2.45) is 0 Å². The average molecular weight is 282 g/mol. The Hall–Kier alpha value is -2.69. The number of hydrogen-bond acceptors (Lipinski definition) is 3. The maximum Gasteiger partial charge on any atom is 0.156 e. The van der Waals surface area contributed by atoms with Gasteiger partial charge in [-0.15, -0.1) is 0 Å². The molecule has 0 aliphatic carbocycles. The number of aromatic amines is 1. The molecule has 5 heteroatoms. The summed E-state index contributed by atoms with van der Waals surface area (Å²) in [4.78, 5) is 4.04. The fourth-order valence-corrected chi connectivity index (χ4v) is 2.26. The highest BCUT2D eigenvalue weighted by molar-refractivity contribution is 5.88. The zero-order valence-corrected chi connectivity index (χ0v) is 11.6. The lowest BCUT2D eigenvalue weighted by Gasteiger charge is -2.07. The Bertz CT molecular complexity index is 720. The largest absolute Gasteiger partial charge is 0.368 e. The van der Waals surface area contributed by atoms with Crippen LogP contribution in [0.2, 0.25) is 0 Å². The number of benzene rings is 1. The second kappa shape index (κ2) is 5.75. The molecule has 1 aromatic carbocycles. The average Bonchev–Trinajstić information content (AvgIpc) is 2.93. The third-order valence-corrected chi connectivity index (χ3v) is 3.21. The number of anilines is 1. The van der Waals surface area contributed by atoms with E-state index in [2.05, 4.69) is 20.5 Å². The third-order valence-electron chi connectivity index (χ3n) is 3.21. The lowest BCUT2D eigenvalue weighted by atomic mass is 10.0. The summed E-state index contributed by atoms with van der Waals surface area (Å²) in [5.74, 6) is 0.527. The van der Waals surface area contributed by atoms with Crippen LogP contribution in [-0.2, 0) is 0 Å². The maximum absolute atomic E-state index is 13.1. The summed E-state index contributed by atoms with van der Waals surface area (Å²) >= 11 is 0. The minimum Gasteiger partial charge on any atom is -0.368 e. The number of pyridine rings is 1. The molecule has 0 atom stereocenters. The Kier molecular flexibility index (Phi) is 3.64. The molecule has 21 heavy (non-hydrogen) atoms. The van der Waals surface area contributed by atoms with E-state index in [1.54, 1.807) is 24.5 Å². The van der Waals surface area contributed by atoms with Crippen molar-refractivity contribution in [2.75, 3.05) is 11.9 Å². The highest BCUT2D eigenvalue weighted by Gasteiger charge is 2.16. The third kappa shape index (κ3) is 2.63. The quantitative estimate of drug-likeness (QED) is 0.767. The molecule has 0 aliphatic rings. The molecule has 0 spiro atoms. The van der Waals surface area contributed by atoms with Gasteiger partial charge in [0.05, 0.1) is 11.3 Å². The van der Waals surface area contributed by atoms with Gasteiger partial charge in [-0.2, -0.15) is 5.10 Å². The SMILES string of the molecule is CCNc1n[nH]c(-c2ccc(F)cc2)c1-c1ccncc1. The van der Waals surface area contributed by atoms with Gasteiger partial charge in [0.2, 0.25) is 0 Å². The van der Waals surface area contributed by atoms with Gasteiger partial charge in [0.25, 0.3) is 0 Å². The number of halogens is 1. The van der Waals surface area contributed by atoms with Crippen LogP contribution in [0.25, 0.3) is 22.4 Å². The Morgan fingerprint density at radius 2 is 1.76 bits per heavy atom. The first-order valence-corrected chi connectivity index (χ1v) is 6.78. The van der Waals surface area contributed by atoms with Crippen molar-refractivity contribution in [1.82, 2.24) is 15.2 Å². The summed E-state index contributed by atoms with van der Waals surface area (Å²) < 4.78 is 13.1. The van der Waals surface area contributed by atoms with Crippen LogP contribution < -0.4 is 5.32 Å². The fourth-order valence-electron chi connectivity index (χ4n) is 2.26. The minimum atomic E-state index is -0.254. The van der Waals surface area contributed by atoms with E-state index in [1.807, 2.05) is 19.1 Å². The molecule has 4 nitrogen and oxygen atoms in total. The van der Waals surface area contributed by atoms with Crippen LogP contribution in [0.3, 0.4) is 0 Å². The molecule has 0 fully saturated rings. The van der Waals surface area contributed by atoms with Crippen LogP contribution in [0, 0.1) is 5.82 Å². The topological polar surface area (TPSA) is 53.6 Å². The highest BCUT2D eigenvalue weighted by Crippen LogP contribution is 2.35. The Morgan fingerprint density at radius 1 is 1.05 bits per heavy atom. The molecule has 0 radical (unpaired) electrons. The van der Waals surface area contributed by atoms with Crippen LogP contribution in [0.15, 0.2) is 48.8 Å². The summed E-state index contributed by atoms with van der Waals surface area (Å²) in [7, 11) is 0. The second-order valence-electron chi connectivity index (χ2n) is 4.60. The molecule has 3 aromatic rings. The van der Waals surface area contributed by atoms with Gasteiger partial charge >= 0.3 is 0 Å². The first-order chi connectivity index (χ1) is 10.3. The predicted octanol–water partition coefficient (Wildman–Crippen LogP) is 3.71. The van der Waals surface area contributed by atoms with E-state index in [9.17, 15) is 4.39 Å². The maximum atomic E-state index is 13.1. The van der Waals surface area contributed by atoms with Gasteiger partial charge in [-0.1, -0.05) is 0 Å². The monoisotopic (exact) mass is 282 g/mol. The predicted molar refractivity (Wildman–Crippen MR) is 81.4 cm³/mol. The molecule has 106 valence electrons. The van der Waals surface area contributed by atoms with Gasteiger partial charge < -0.3 is 5.32 Å². The van der Waals surface area contributed by atoms with Crippen LogP contribution in [0.5, 0.6) is 0 Å². The minimum absolute atomic E-state index is 0.254. The van der Waals surface area contributed by atoms with E-state index in [0.29, 0.717) is 0 Å². The van der Waals surface area contributed by atoms with Crippen molar-refractivity contribution in [3.05, 3.63) is 54.6 Å². The normalized spacial score (nSPS) is 10.6. The molecule has 0 saturated heterocycles. The molecule has 2 heterocycles. The van der Waals surface area contributed by atoms with Gasteiger partial charge in [0.15, 0.2) is 5.82 Å². The summed E-state index contributed by atoms with van der Waals surface area (Å²) in [6, 6.07) is 10.2. The van der Waals surface area contributed by atoms with Crippen LogP contribution in [0.4, 0.5) is 10.2 Å². The molecule has 2 N–H and O–H groups in total. The molecule has 0 aliphatic heterocycles. The number of aromatic nitrogens is 3. The van der Waals surface area contributed by atoms with Crippen molar-refractivity contribution >= 4 is 5.82 Å². The zero-order valence-electron chi connectivity index (χ0n) is 11.6. The van der Waals surface area contributed by atoms with Gasteiger partial charge in [-0.25, -0.2) is 4.39 Å². The Morgan fingerprint density at radius 3 is 2.43 bits per heavy atom. The highest BCUT2D eigenvalue weighted by atomic mass is 19.1. The van der Waals surface area contributed by atoms with Gasteiger partial charge in [0.1, 0.15) is 5.82 Å². The van der Waals surface area contributed by atoms with Crippen molar-refractivity contribution < 1.29 is 4.39 Å². The van der Waals surface area contributed by atoms with E-state index < -0.39 is 0 Å². The van der Waals surface area contributed by atoms with Gasteiger partial charge in [-0.05, 0) is 48.9 Å². The zero-order chi connectivity index (χ0) is 14.7. The Labute approximate surface area is 122 Å². The van der Waals surface area contributed by atoms with E-state index in [0.717, 1.165) is 34.7 Å². The smallest absolute Gasteiger partial charge is 0.156 e. The van der Waals surface area contributed by atoms with Gasteiger partial charge in [0, 0.05) is 24.5 Å². The summed E-state index contributed by atoms with van der Waals surface area (Å²) in [5.41, 5.74) is 3.72. The summed E-state index contributed by atoms with van der Waals surface area (Å²) in [5, 5.41) is 10.6.